The minimum absolute atomic E-state index is 0.791. The fourth-order valence-corrected chi connectivity index (χ4v) is 5.43. The highest BCUT2D eigenvalue weighted by molar-refractivity contribution is 5.93. The van der Waals surface area contributed by atoms with Gasteiger partial charge in [0.2, 0.25) is 0 Å². The summed E-state index contributed by atoms with van der Waals surface area (Å²) in [7, 11) is 0. The maximum atomic E-state index is 2.49. The highest BCUT2D eigenvalue weighted by atomic mass is 14.5. The van der Waals surface area contributed by atoms with Crippen LogP contribution in [-0.2, 0) is 0 Å². The fraction of sp³-hybridized carbons (Fsp3) is 0.524. The second kappa shape index (κ2) is 4.60. The Morgan fingerprint density at radius 3 is 1.71 bits per heavy atom. The monoisotopic (exact) mass is 278 g/mol. The molecule has 0 spiro atoms. The normalized spacial score (nSPS) is 30.1. The molecule has 0 aromatic heterocycles. The minimum atomic E-state index is 0.791. The third kappa shape index (κ3) is 1.74. The first-order chi connectivity index (χ1) is 10.1. The average molecular weight is 278 g/mol. The van der Waals surface area contributed by atoms with Crippen molar-refractivity contribution in [3.63, 3.8) is 0 Å². The molecule has 4 unspecified atom stereocenters. The molecule has 0 aliphatic heterocycles. The number of hydrogen-bond acceptors (Lipinski definition) is 0. The summed E-state index contributed by atoms with van der Waals surface area (Å²) in [6.45, 7) is 9.30. The van der Waals surface area contributed by atoms with Gasteiger partial charge in [0.15, 0.2) is 0 Å². The van der Waals surface area contributed by atoms with E-state index in [2.05, 4.69) is 52.0 Å². The van der Waals surface area contributed by atoms with Crippen LogP contribution >= 0.6 is 0 Å². The molecule has 110 valence electrons. The van der Waals surface area contributed by atoms with Gasteiger partial charge in [0.1, 0.15) is 0 Å². The van der Waals surface area contributed by atoms with Gasteiger partial charge < -0.3 is 0 Å². The van der Waals surface area contributed by atoms with Crippen LogP contribution in [0.5, 0.6) is 0 Å². The third-order valence-electron chi connectivity index (χ3n) is 6.17. The first kappa shape index (κ1) is 13.4. The first-order valence-electron chi connectivity index (χ1n) is 8.68. The topological polar surface area (TPSA) is 0 Å². The Hall–Kier alpha value is -1.30. The SMILES string of the molecule is CCC1CC(CC)C2c3cc(C)cc4cc(C)cc(c34)C12. The summed E-state index contributed by atoms with van der Waals surface area (Å²) in [5.74, 6) is 3.36. The van der Waals surface area contributed by atoms with Crippen LogP contribution in [0.15, 0.2) is 24.3 Å². The van der Waals surface area contributed by atoms with Crippen LogP contribution in [0, 0.1) is 25.7 Å². The molecule has 4 rings (SSSR count). The van der Waals surface area contributed by atoms with E-state index in [1.54, 1.807) is 16.5 Å². The molecule has 0 saturated heterocycles. The van der Waals surface area contributed by atoms with Crippen LogP contribution in [-0.4, -0.2) is 0 Å². The molecular weight excluding hydrogens is 252 g/mol. The molecule has 0 heteroatoms. The van der Waals surface area contributed by atoms with Crippen LogP contribution in [0.1, 0.15) is 67.2 Å². The lowest BCUT2D eigenvalue weighted by atomic mass is 9.83. The van der Waals surface area contributed by atoms with Gasteiger partial charge in [-0.3, -0.25) is 0 Å². The van der Waals surface area contributed by atoms with E-state index in [1.807, 2.05) is 0 Å². The van der Waals surface area contributed by atoms with Crippen molar-refractivity contribution in [2.75, 3.05) is 0 Å². The Bertz CT molecular complexity index is 653. The Morgan fingerprint density at radius 1 is 0.810 bits per heavy atom. The van der Waals surface area contributed by atoms with E-state index in [9.17, 15) is 0 Å². The molecule has 2 aromatic carbocycles. The average Bonchev–Trinajstić information content (AvgIpc) is 2.96. The second-order valence-corrected chi connectivity index (χ2v) is 7.43. The maximum Gasteiger partial charge on any atom is -0.00555 e. The van der Waals surface area contributed by atoms with Gasteiger partial charge >= 0.3 is 0 Å². The van der Waals surface area contributed by atoms with E-state index < -0.39 is 0 Å². The summed E-state index contributed by atoms with van der Waals surface area (Å²) in [5, 5.41) is 3.09. The van der Waals surface area contributed by atoms with Gasteiger partial charge in [-0.05, 0) is 65.8 Å². The van der Waals surface area contributed by atoms with Crippen molar-refractivity contribution >= 4 is 10.8 Å². The van der Waals surface area contributed by atoms with Crippen molar-refractivity contribution in [2.45, 2.75) is 58.8 Å². The maximum absolute atomic E-state index is 2.49. The Kier molecular flexibility index (Phi) is 2.93. The molecular formula is C21H26. The van der Waals surface area contributed by atoms with Crippen LogP contribution in [0.2, 0.25) is 0 Å². The van der Waals surface area contributed by atoms with Gasteiger partial charge in [-0.2, -0.15) is 0 Å². The van der Waals surface area contributed by atoms with E-state index in [4.69, 9.17) is 0 Å². The summed E-state index contributed by atoms with van der Waals surface area (Å²) in [6.07, 6.45) is 4.10. The zero-order valence-corrected chi connectivity index (χ0v) is 13.7. The highest BCUT2D eigenvalue weighted by Crippen LogP contribution is 2.61. The molecule has 0 N–H and O–H groups in total. The largest absolute Gasteiger partial charge is 0.0651 e. The lowest BCUT2D eigenvalue weighted by Gasteiger charge is -2.20. The third-order valence-corrected chi connectivity index (χ3v) is 6.17. The molecule has 0 radical (unpaired) electrons. The van der Waals surface area contributed by atoms with E-state index in [0.717, 1.165) is 23.7 Å². The standard InChI is InChI=1S/C21H26/c1-5-14-11-15(6-2)21-18-10-13(4)8-16-7-12(3)9-17(19(16)18)20(14)21/h7-10,14-15,20-21H,5-6,11H2,1-4H3. The van der Waals surface area contributed by atoms with Gasteiger partial charge in [-0.1, -0.05) is 62.1 Å². The van der Waals surface area contributed by atoms with Crippen LogP contribution in [0.4, 0.5) is 0 Å². The molecule has 0 nitrogen and oxygen atoms in total. The minimum Gasteiger partial charge on any atom is -0.0651 e. The fourth-order valence-electron chi connectivity index (χ4n) is 5.43. The number of benzene rings is 2. The van der Waals surface area contributed by atoms with Crippen molar-refractivity contribution in [3.8, 4) is 0 Å². The smallest absolute Gasteiger partial charge is 0.00555 e. The van der Waals surface area contributed by atoms with Crippen LogP contribution in [0.3, 0.4) is 0 Å². The number of aryl methyl sites for hydroxylation is 2. The van der Waals surface area contributed by atoms with Gasteiger partial charge in [0.05, 0.1) is 0 Å². The molecule has 0 bridgehead atoms. The van der Waals surface area contributed by atoms with Gasteiger partial charge in [0.25, 0.3) is 0 Å². The molecule has 1 fully saturated rings. The predicted octanol–water partition coefficient (Wildman–Crippen LogP) is 6.09. The molecule has 2 aromatic rings. The lowest BCUT2D eigenvalue weighted by molar-refractivity contribution is 0.452. The molecule has 2 aliphatic carbocycles. The summed E-state index contributed by atoms with van der Waals surface area (Å²) >= 11 is 0. The van der Waals surface area contributed by atoms with Crippen molar-refractivity contribution in [3.05, 3.63) is 46.5 Å². The quantitative estimate of drug-likeness (QED) is 0.623. The Morgan fingerprint density at radius 2 is 1.29 bits per heavy atom. The lowest BCUT2D eigenvalue weighted by Crippen LogP contribution is -2.08. The van der Waals surface area contributed by atoms with Crippen molar-refractivity contribution in [1.82, 2.24) is 0 Å². The molecule has 1 saturated carbocycles. The molecule has 4 atom stereocenters. The molecule has 0 amide bonds. The zero-order valence-electron chi connectivity index (χ0n) is 13.7. The number of fused-ring (bicyclic) bond motifs is 3. The first-order valence-corrected chi connectivity index (χ1v) is 8.68. The number of rotatable bonds is 2. The van der Waals surface area contributed by atoms with E-state index in [0.29, 0.717) is 0 Å². The number of hydrogen-bond donors (Lipinski definition) is 0. The van der Waals surface area contributed by atoms with E-state index in [-0.39, 0.29) is 0 Å². The summed E-state index contributed by atoms with van der Waals surface area (Å²) in [5.41, 5.74) is 6.22. The summed E-state index contributed by atoms with van der Waals surface area (Å²) < 4.78 is 0. The second-order valence-electron chi connectivity index (χ2n) is 7.43. The molecule has 2 aliphatic rings. The van der Waals surface area contributed by atoms with Gasteiger partial charge in [-0.25, -0.2) is 0 Å². The summed E-state index contributed by atoms with van der Waals surface area (Å²) in [4.78, 5) is 0. The molecule has 21 heavy (non-hydrogen) atoms. The zero-order chi connectivity index (χ0) is 14.7. The Balaban J connectivity index is 2.02. The van der Waals surface area contributed by atoms with E-state index in [1.165, 1.54) is 35.8 Å². The highest BCUT2D eigenvalue weighted by Gasteiger charge is 2.47. The molecule has 0 heterocycles. The van der Waals surface area contributed by atoms with Crippen LogP contribution in [0.25, 0.3) is 10.8 Å². The predicted molar refractivity (Wildman–Crippen MR) is 91.1 cm³/mol. The van der Waals surface area contributed by atoms with Gasteiger partial charge in [0, 0.05) is 0 Å². The van der Waals surface area contributed by atoms with E-state index >= 15 is 0 Å². The van der Waals surface area contributed by atoms with Gasteiger partial charge in [-0.15, -0.1) is 0 Å². The van der Waals surface area contributed by atoms with Crippen LogP contribution < -0.4 is 0 Å². The van der Waals surface area contributed by atoms with Crippen molar-refractivity contribution in [2.24, 2.45) is 11.8 Å². The van der Waals surface area contributed by atoms with Crippen molar-refractivity contribution in [1.29, 1.82) is 0 Å². The van der Waals surface area contributed by atoms with Crippen molar-refractivity contribution < 1.29 is 0 Å². The Labute approximate surface area is 128 Å². The summed E-state index contributed by atoms with van der Waals surface area (Å²) in [6, 6.07) is 9.76.